The van der Waals surface area contributed by atoms with Crippen LogP contribution in [-0.4, -0.2) is 34.8 Å². The fourth-order valence-electron chi connectivity index (χ4n) is 2.82. The summed E-state index contributed by atoms with van der Waals surface area (Å²) >= 11 is 0. The van der Waals surface area contributed by atoms with Crippen LogP contribution in [0.4, 0.5) is 4.39 Å². The van der Waals surface area contributed by atoms with E-state index in [0.29, 0.717) is 13.1 Å². The second-order valence-corrected chi connectivity index (χ2v) is 5.78. The molecule has 2 heterocycles. The topological polar surface area (TPSA) is 85.5 Å². The first-order valence-electron chi connectivity index (χ1n) is 8.08. The number of likely N-dealkylation sites (tertiary alicyclic amines) is 1. The van der Waals surface area contributed by atoms with Crippen molar-refractivity contribution >= 4 is 11.8 Å². The Bertz CT molecular complexity index is 804. The van der Waals surface area contributed by atoms with Gasteiger partial charge in [0.25, 0.3) is 11.8 Å². The fraction of sp³-hybridized carbons (Fsp3) is 0.278. The molecule has 1 aromatic heterocycles. The van der Waals surface area contributed by atoms with Gasteiger partial charge in [0, 0.05) is 25.4 Å². The zero-order valence-corrected chi connectivity index (χ0v) is 13.6. The molecule has 0 saturated carbocycles. The average molecular weight is 343 g/mol. The molecule has 0 atom stereocenters. The molecular formula is C18H18FN3O3. The first-order valence-corrected chi connectivity index (χ1v) is 8.08. The third kappa shape index (κ3) is 3.60. The summed E-state index contributed by atoms with van der Waals surface area (Å²) < 4.78 is 19.5. The number of para-hydroxylation sites is 1. The van der Waals surface area contributed by atoms with E-state index in [2.05, 4.69) is 4.98 Å². The number of hydrogen-bond acceptors (Lipinski definition) is 4. The van der Waals surface area contributed by atoms with Gasteiger partial charge in [-0.2, -0.15) is 0 Å². The molecule has 7 heteroatoms. The van der Waals surface area contributed by atoms with Crippen molar-refractivity contribution in [3.63, 3.8) is 0 Å². The number of aromatic nitrogens is 1. The van der Waals surface area contributed by atoms with Gasteiger partial charge in [0.05, 0.1) is 0 Å². The van der Waals surface area contributed by atoms with Crippen molar-refractivity contribution in [3.8, 4) is 11.5 Å². The predicted molar refractivity (Wildman–Crippen MR) is 89.0 cm³/mol. The Morgan fingerprint density at radius 2 is 1.80 bits per heavy atom. The minimum atomic E-state index is -0.834. The van der Waals surface area contributed by atoms with E-state index in [-0.39, 0.29) is 28.7 Å². The number of pyridine rings is 1. The SMILES string of the molecule is NC(=O)c1nccc(Oc2ccccc2F)c1C(=O)N1CCCCC1. The van der Waals surface area contributed by atoms with Gasteiger partial charge in [-0.1, -0.05) is 12.1 Å². The van der Waals surface area contributed by atoms with Gasteiger partial charge >= 0.3 is 0 Å². The second kappa shape index (κ2) is 7.29. The molecule has 1 aliphatic heterocycles. The summed E-state index contributed by atoms with van der Waals surface area (Å²) in [5, 5.41) is 0. The largest absolute Gasteiger partial charge is 0.453 e. The minimum absolute atomic E-state index is 0.0276. The van der Waals surface area contributed by atoms with Crippen LogP contribution in [0.5, 0.6) is 11.5 Å². The molecule has 2 aromatic rings. The van der Waals surface area contributed by atoms with Gasteiger partial charge in [-0.15, -0.1) is 0 Å². The molecule has 1 aromatic carbocycles. The Morgan fingerprint density at radius 3 is 2.48 bits per heavy atom. The smallest absolute Gasteiger partial charge is 0.268 e. The average Bonchev–Trinajstić information content (AvgIpc) is 2.63. The molecule has 0 radical (unpaired) electrons. The number of primary amides is 1. The fourth-order valence-corrected chi connectivity index (χ4v) is 2.82. The molecule has 25 heavy (non-hydrogen) atoms. The van der Waals surface area contributed by atoms with Crippen LogP contribution in [-0.2, 0) is 0 Å². The standard InChI is InChI=1S/C18H18FN3O3/c19-12-6-2-3-7-13(12)25-14-8-9-21-16(17(20)23)15(14)18(24)22-10-4-1-5-11-22/h2-3,6-9H,1,4-5,10-11H2,(H2,20,23). The number of halogens is 1. The van der Waals surface area contributed by atoms with E-state index in [1.807, 2.05) is 0 Å². The van der Waals surface area contributed by atoms with Crippen molar-refractivity contribution < 1.29 is 18.7 Å². The van der Waals surface area contributed by atoms with Crippen LogP contribution < -0.4 is 10.5 Å². The predicted octanol–water partition coefficient (Wildman–Crippen LogP) is 2.74. The monoisotopic (exact) mass is 343 g/mol. The number of carbonyl (C=O) groups is 2. The van der Waals surface area contributed by atoms with Crippen LogP contribution in [0, 0.1) is 5.82 Å². The van der Waals surface area contributed by atoms with Crippen LogP contribution >= 0.6 is 0 Å². The number of rotatable bonds is 4. The van der Waals surface area contributed by atoms with Gasteiger partial charge in [0.2, 0.25) is 0 Å². The molecule has 0 spiro atoms. The molecule has 6 nitrogen and oxygen atoms in total. The number of hydrogen-bond donors (Lipinski definition) is 1. The van der Waals surface area contributed by atoms with E-state index in [0.717, 1.165) is 19.3 Å². The van der Waals surface area contributed by atoms with Gasteiger partial charge in [-0.05, 0) is 31.4 Å². The lowest BCUT2D eigenvalue weighted by Gasteiger charge is -2.27. The highest BCUT2D eigenvalue weighted by Gasteiger charge is 2.28. The third-order valence-electron chi connectivity index (χ3n) is 4.06. The van der Waals surface area contributed by atoms with Crippen LogP contribution in [0.3, 0.4) is 0 Å². The van der Waals surface area contributed by atoms with Gasteiger partial charge in [-0.3, -0.25) is 9.59 Å². The molecule has 0 aliphatic carbocycles. The number of piperidine rings is 1. The van der Waals surface area contributed by atoms with Crippen molar-refractivity contribution in [2.75, 3.05) is 13.1 Å². The molecule has 1 saturated heterocycles. The highest BCUT2D eigenvalue weighted by Crippen LogP contribution is 2.30. The van der Waals surface area contributed by atoms with Crippen LogP contribution in [0.25, 0.3) is 0 Å². The zero-order chi connectivity index (χ0) is 17.8. The van der Waals surface area contributed by atoms with Crippen LogP contribution in [0.1, 0.15) is 40.1 Å². The lowest BCUT2D eigenvalue weighted by Crippen LogP contribution is -2.37. The van der Waals surface area contributed by atoms with Crippen molar-refractivity contribution in [2.24, 2.45) is 5.73 Å². The molecule has 130 valence electrons. The molecule has 2 amide bonds. The summed E-state index contributed by atoms with van der Waals surface area (Å²) in [6.45, 7) is 1.18. The number of nitrogens with two attached hydrogens (primary N) is 1. The lowest BCUT2D eigenvalue weighted by atomic mass is 10.1. The van der Waals surface area contributed by atoms with E-state index in [1.54, 1.807) is 11.0 Å². The second-order valence-electron chi connectivity index (χ2n) is 5.78. The van der Waals surface area contributed by atoms with Crippen molar-refractivity contribution in [3.05, 3.63) is 53.6 Å². The Labute approximate surface area is 144 Å². The van der Waals surface area contributed by atoms with E-state index < -0.39 is 11.7 Å². The Morgan fingerprint density at radius 1 is 1.08 bits per heavy atom. The Hall–Kier alpha value is -2.96. The normalized spacial score (nSPS) is 14.2. The summed E-state index contributed by atoms with van der Waals surface area (Å²) in [6, 6.07) is 7.26. The molecular weight excluding hydrogens is 325 g/mol. The summed E-state index contributed by atoms with van der Waals surface area (Å²) in [6.07, 6.45) is 4.14. The molecule has 0 unspecified atom stereocenters. The maximum Gasteiger partial charge on any atom is 0.268 e. The van der Waals surface area contributed by atoms with Gasteiger partial charge in [-0.25, -0.2) is 9.37 Å². The number of amides is 2. The maximum absolute atomic E-state index is 13.9. The zero-order valence-electron chi connectivity index (χ0n) is 13.6. The molecule has 0 bridgehead atoms. The summed E-state index contributed by atoms with van der Waals surface area (Å²) in [5.41, 5.74) is 5.17. The molecule has 2 N–H and O–H groups in total. The van der Waals surface area contributed by atoms with E-state index >= 15 is 0 Å². The number of nitrogens with zero attached hydrogens (tertiary/aromatic N) is 2. The summed E-state index contributed by atoms with van der Waals surface area (Å²) in [4.78, 5) is 30.2. The Kier molecular flexibility index (Phi) is 4.92. The summed E-state index contributed by atoms with van der Waals surface area (Å²) in [7, 11) is 0. The van der Waals surface area contributed by atoms with Gasteiger partial charge in [0.15, 0.2) is 11.6 Å². The van der Waals surface area contributed by atoms with Crippen molar-refractivity contribution in [1.82, 2.24) is 9.88 Å². The highest BCUT2D eigenvalue weighted by atomic mass is 19.1. The first kappa shape index (κ1) is 16.9. The van der Waals surface area contributed by atoms with Crippen molar-refractivity contribution in [2.45, 2.75) is 19.3 Å². The lowest BCUT2D eigenvalue weighted by molar-refractivity contribution is 0.0716. The number of carbonyl (C=O) groups excluding carboxylic acids is 2. The van der Waals surface area contributed by atoms with E-state index in [1.165, 1.54) is 30.5 Å². The minimum Gasteiger partial charge on any atom is -0.453 e. The summed E-state index contributed by atoms with van der Waals surface area (Å²) in [5.74, 6) is -1.77. The Balaban J connectivity index is 2.03. The highest BCUT2D eigenvalue weighted by molar-refractivity contribution is 6.07. The third-order valence-corrected chi connectivity index (χ3v) is 4.06. The molecule has 1 aliphatic rings. The van der Waals surface area contributed by atoms with Crippen molar-refractivity contribution in [1.29, 1.82) is 0 Å². The number of benzene rings is 1. The van der Waals surface area contributed by atoms with Gasteiger partial charge in [0.1, 0.15) is 17.0 Å². The quantitative estimate of drug-likeness (QED) is 0.925. The maximum atomic E-state index is 13.9. The van der Waals surface area contributed by atoms with Gasteiger partial charge < -0.3 is 15.4 Å². The first-order chi connectivity index (χ1) is 12.1. The molecule has 1 fully saturated rings. The number of ether oxygens (including phenoxy) is 1. The van der Waals surface area contributed by atoms with Crippen LogP contribution in [0.2, 0.25) is 0 Å². The van der Waals surface area contributed by atoms with E-state index in [9.17, 15) is 14.0 Å². The van der Waals surface area contributed by atoms with Crippen LogP contribution in [0.15, 0.2) is 36.5 Å². The molecule has 3 rings (SSSR count). The van der Waals surface area contributed by atoms with E-state index in [4.69, 9.17) is 10.5 Å².